The van der Waals surface area contributed by atoms with Gasteiger partial charge in [-0.2, -0.15) is 0 Å². The van der Waals surface area contributed by atoms with E-state index in [9.17, 15) is 9.90 Å². The Morgan fingerprint density at radius 1 is 1.04 bits per heavy atom. The van der Waals surface area contributed by atoms with Crippen LogP contribution in [0.3, 0.4) is 0 Å². The number of carbonyl (C=O) groups is 1. The largest absolute Gasteiger partial charge is 0.387 e. The first-order valence-corrected chi connectivity index (χ1v) is 11.5. The van der Waals surface area contributed by atoms with E-state index in [1.165, 1.54) is 37.7 Å². The highest BCUT2D eigenvalue weighted by atomic mass is 16.3. The molecule has 4 heteroatoms. The molecule has 1 N–H and O–H groups in total. The van der Waals surface area contributed by atoms with Gasteiger partial charge in [-0.1, -0.05) is 31.4 Å². The number of amides is 1. The predicted molar refractivity (Wildman–Crippen MR) is 111 cm³/mol. The van der Waals surface area contributed by atoms with Gasteiger partial charge in [0.05, 0.1) is 6.10 Å². The van der Waals surface area contributed by atoms with Gasteiger partial charge >= 0.3 is 0 Å². The molecule has 1 saturated heterocycles. The van der Waals surface area contributed by atoms with Crippen molar-refractivity contribution in [2.45, 2.75) is 63.9 Å². The number of likely N-dealkylation sites (tertiary alicyclic amines) is 1. The molecule has 4 aliphatic rings. The maximum atomic E-state index is 12.6. The highest BCUT2D eigenvalue weighted by molar-refractivity contribution is 5.97. The van der Waals surface area contributed by atoms with Crippen LogP contribution in [0.4, 0.5) is 5.69 Å². The number of aliphatic hydroxyl groups excluding tert-OH is 1. The van der Waals surface area contributed by atoms with Crippen molar-refractivity contribution in [1.29, 1.82) is 0 Å². The Kier molecular flexibility index (Phi) is 5.18. The van der Waals surface area contributed by atoms with Crippen LogP contribution in [0, 0.1) is 17.8 Å². The number of carbonyl (C=O) groups excluding carboxylic acids is 1. The quantitative estimate of drug-likeness (QED) is 0.858. The number of fused-ring (bicyclic) bond motifs is 2. The van der Waals surface area contributed by atoms with E-state index in [1.54, 1.807) is 0 Å². The minimum Gasteiger partial charge on any atom is -0.387 e. The Bertz CT molecular complexity index is 729. The zero-order valence-corrected chi connectivity index (χ0v) is 17.0. The van der Waals surface area contributed by atoms with Crippen molar-refractivity contribution in [3.8, 4) is 0 Å². The summed E-state index contributed by atoms with van der Waals surface area (Å²) in [7, 11) is 0. The lowest BCUT2D eigenvalue weighted by molar-refractivity contribution is -0.119. The number of nitrogens with zero attached hydrogens (tertiary/aromatic N) is 2. The zero-order valence-electron chi connectivity index (χ0n) is 17.0. The van der Waals surface area contributed by atoms with Gasteiger partial charge in [0.15, 0.2) is 0 Å². The minimum atomic E-state index is -0.431. The van der Waals surface area contributed by atoms with E-state index < -0.39 is 6.10 Å². The molecule has 0 unspecified atom stereocenters. The van der Waals surface area contributed by atoms with Crippen LogP contribution >= 0.6 is 0 Å². The lowest BCUT2D eigenvalue weighted by Crippen LogP contribution is -2.43. The van der Waals surface area contributed by atoms with Gasteiger partial charge in [0.25, 0.3) is 0 Å². The van der Waals surface area contributed by atoms with Gasteiger partial charge < -0.3 is 14.9 Å². The van der Waals surface area contributed by atoms with Crippen LogP contribution in [-0.2, 0) is 11.2 Å². The monoisotopic (exact) mass is 382 g/mol. The van der Waals surface area contributed by atoms with Crippen LogP contribution in [0.5, 0.6) is 0 Å². The van der Waals surface area contributed by atoms with E-state index in [-0.39, 0.29) is 5.92 Å². The molecule has 0 spiro atoms. The number of aliphatic hydroxyl groups is 1. The van der Waals surface area contributed by atoms with Crippen LogP contribution in [0.15, 0.2) is 18.2 Å². The number of piperidine rings is 1. The average Bonchev–Trinajstić information content (AvgIpc) is 3.57. The van der Waals surface area contributed by atoms with E-state index >= 15 is 0 Å². The summed E-state index contributed by atoms with van der Waals surface area (Å²) in [5, 5.41) is 10.9. The number of hydrogen-bond acceptors (Lipinski definition) is 3. The molecule has 28 heavy (non-hydrogen) atoms. The summed E-state index contributed by atoms with van der Waals surface area (Å²) in [5.41, 5.74) is 3.34. The first-order valence-electron chi connectivity index (χ1n) is 11.5. The molecule has 152 valence electrons. The van der Waals surface area contributed by atoms with Gasteiger partial charge in [-0.05, 0) is 74.1 Å². The van der Waals surface area contributed by atoms with Crippen LogP contribution < -0.4 is 4.90 Å². The van der Waals surface area contributed by atoms with Crippen molar-refractivity contribution in [3.05, 3.63) is 29.3 Å². The van der Waals surface area contributed by atoms with Crippen molar-refractivity contribution in [2.24, 2.45) is 17.8 Å². The third-order valence-corrected chi connectivity index (χ3v) is 7.61. The Labute approximate surface area is 168 Å². The molecule has 3 atom stereocenters. The molecule has 0 aromatic heterocycles. The maximum absolute atomic E-state index is 12.6. The molecule has 4 nitrogen and oxygen atoms in total. The smallest absolute Gasteiger partial charge is 0.230 e. The van der Waals surface area contributed by atoms with Gasteiger partial charge in [-0.15, -0.1) is 0 Å². The number of benzene rings is 1. The Morgan fingerprint density at radius 2 is 1.86 bits per heavy atom. The Hall–Kier alpha value is -1.39. The molecule has 3 fully saturated rings. The maximum Gasteiger partial charge on any atom is 0.230 e. The molecular weight excluding hydrogens is 348 g/mol. The molecule has 0 radical (unpaired) electrons. The van der Waals surface area contributed by atoms with Crippen molar-refractivity contribution >= 4 is 11.6 Å². The SMILES string of the molecule is O=C(C1CC1)N1CCCc2cc([C@H](O)CN3CC[C@@H]4CCCC[C@H]4C3)ccc21. The second-order valence-corrected chi connectivity index (χ2v) is 9.62. The van der Waals surface area contributed by atoms with Crippen molar-refractivity contribution < 1.29 is 9.90 Å². The van der Waals surface area contributed by atoms with Crippen molar-refractivity contribution in [3.63, 3.8) is 0 Å². The third kappa shape index (κ3) is 3.73. The van der Waals surface area contributed by atoms with Gasteiger partial charge in [-0.25, -0.2) is 0 Å². The fourth-order valence-electron chi connectivity index (χ4n) is 5.80. The fraction of sp³-hybridized carbons (Fsp3) is 0.708. The van der Waals surface area contributed by atoms with Crippen LogP contribution in [0.2, 0.25) is 0 Å². The molecule has 2 saturated carbocycles. The number of hydrogen-bond donors (Lipinski definition) is 1. The first kappa shape index (κ1) is 18.6. The van der Waals surface area contributed by atoms with Crippen molar-refractivity contribution in [1.82, 2.24) is 4.90 Å². The van der Waals surface area contributed by atoms with Gasteiger partial charge in [0, 0.05) is 31.2 Å². The lowest BCUT2D eigenvalue weighted by Gasteiger charge is -2.42. The van der Waals surface area contributed by atoms with Crippen LogP contribution in [0.1, 0.15) is 68.6 Å². The van der Waals surface area contributed by atoms with Crippen LogP contribution in [-0.4, -0.2) is 42.1 Å². The number of rotatable bonds is 4. The molecule has 1 amide bonds. The standard InChI is InChI=1S/C24H34N2O2/c27-23(16-25-13-11-17-4-1-2-5-21(17)15-25)20-9-10-22-19(14-20)6-3-12-26(22)24(28)18-7-8-18/h9-10,14,17-18,21,23,27H,1-8,11-13,15-16H2/t17-,21-,23+/m0/s1. The van der Waals surface area contributed by atoms with Gasteiger partial charge in [-0.3, -0.25) is 4.79 Å². The van der Waals surface area contributed by atoms with E-state index in [1.807, 2.05) is 4.90 Å². The summed E-state index contributed by atoms with van der Waals surface area (Å²) in [5.74, 6) is 2.35. The second-order valence-electron chi connectivity index (χ2n) is 9.62. The molecular formula is C24H34N2O2. The van der Waals surface area contributed by atoms with Crippen LogP contribution in [0.25, 0.3) is 0 Å². The topological polar surface area (TPSA) is 43.8 Å². The van der Waals surface area contributed by atoms with E-state index in [2.05, 4.69) is 23.1 Å². The fourth-order valence-corrected chi connectivity index (χ4v) is 5.80. The summed E-state index contributed by atoms with van der Waals surface area (Å²) >= 11 is 0. The van der Waals surface area contributed by atoms with Crippen molar-refractivity contribution in [2.75, 3.05) is 31.1 Å². The molecule has 2 aliphatic heterocycles. The zero-order chi connectivity index (χ0) is 19.1. The number of anilines is 1. The molecule has 1 aromatic carbocycles. The number of β-amino-alcohol motifs (C(OH)–C–C–N with tert-alkyl or cyclic N) is 1. The first-order chi connectivity index (χ1) is 13.7. The second kappa shape index (κ2) is 7.79. The molecule has 2 heterocycles. The van der Waals surface area contributed by atoms with Gasteiger partial charge in [0.2, 0.25) is 5.91 Å². The normalized spacial score (nSPS) is 29.1. The molecule has 1 aromatic rings. The molecule has 5 rings (SSSR count). The molecule has 2 aliphatic carbocycles. The summed E-state index contributed by atoms with van der Waals surface area (Å²) < 4.78 is 0. The predicted octanol–water partition coefficient (Wildman–Crippen LogP) is 3.92. The van der Waals surface area contributed by atoms with Gasteiger partial charge in [0.1, 0.15) is 0 Å². The average molecular weight is 383 g/mol. The summed E-state index contributed by atoms with van der Waals surface area (Å²) in [6.45, 7) is 3.89. The lowest BCUT2D eigenvalue weighted by atomic mass is 9.75. The molecule has 0 bridgehead atoms. The Morgan fingerprint density at radius 3 is 2.68 bits per heavy atom. The summed E-state index contributed by atoms with van der Waals surface area (Å²) in [4.78, 5) is 17.1. The third-order valence-electron chi connectivity index (χ3n) is 7.61. The summed E-state index contributed by atoms with van der Waals surface area (Å²) in [6.07, 6.45) is 10.6. The van der Waals surface area contributed by atoms with E-state index in [0.29, 0.717) is 5.91 Å². The van der Waals surface area contributed by atoms with E-state index in [4.69, 9.17) is 0 Å². The Balaban J connectivity index is 1.25. The summed E-state index contributed by atoms with van der Waals surface area (Å²) in [6, 6.07) is 6.30. The minimum absolute atomic E-state index is 0.263. The number of aryl methyl sites for hydroxylation is 1. The van der Waals surface area contributed by atoms with E-state index in [0.717, 1.165) is 74.9 Å². The highest BCUT2D eigenvalue weighted by Crippen LogP contribution is 2.38. The highest BCUT2D eigenvalue weighted by Gasteiger charge is 2.36.